The van der Waals surface area contributed by atoms with E-state index in [1.807, 2.05) is 24.3 Å². The zero-order valence-corrected chi connectivity index (χ0v) is 19.3. The fourth-order valence-electron chi connectivity index (χ4n) is 4.80. The number of rotatable bonds is 8. The number of benzene rings is 3. The number of carboxylic acid groups (broad SMARTS) is 1. The summed E-state index contributed by atoms with van der Waals surface area (Å²) < 4.78 is 0. The van der Waals surface area contributed by atoms with Gasteiger partial charge in [-0.15, -0.1) is 0 Å². The van der Waals surface area contributed by atoms with E-state index < -0.39 is 5.97 Å². The van der Waals surface area contributed by atoms with Crippen LogP contribution in [0.15, 0.2) is 103 Å². The van der Waals surface area contributed by atoms with Crippen molar-refractivity contribution in [2.24, 2.45) is 0 Å². The fraction of sp³-hybridized carbons (Fsp3) is 0.233. The van der Waals surface area contributed by atoms with Crippen molar-refractivity contribution in [3.8, 4) is 0 Å². The van der Waals surface area contributed by atoms with Gasteiger partial charge < -0.3 is 10.0 Å². The zero-order valence-electron chi connectivity index (χ0n) is 19.3. The maximum atomic E-state index is 11.6. The predicted octanol–water partition coefficient (Wildman–Crippen LogP) is 6.80. The van der Waals surface area contributed by atoms with Gasteiger partial charge in [0.2, 0.25) is 0 Å². The van der Waals surface area contributed by atoms with Gasteiger partial charge >= 0.3 is 5.97 Å². The summed E-state index contributed by atoms with van der Waals surface area (Å²) in [5, 5.41) is 9.54. The second kappa shape index (κ2) is 10.4. The molecule has 0 bridgehead atoms. The lowest BCUT2D eigenvalue weighted by Crippen LogP contribution is -2.27. The van der Waals surface area contributed by atoms with Gasteiger partial charge in [-0.25, -0.2) is 4.79 Å². The van der Waals surface area contributed by atoms with Crippen molar-refractivity contribution < 1.29 is 9.90 Å². The van der Waals surface area contributed by atoms with Crippen molar-refractivity contribution in [3.63, 3.8) is 0 Å². The third-order valence-electron chi connectivity index (χ3n) is 6.55. The first-order valence-corrected chi connectivity index (χ1v) is 11.6. The Morgan fingerprint density at radius 3 is 2.03 bits per heavy atom. The van der Waals surface area contributed by atoms with Gasteiger partial charge in [-0.2, -0.15) is 0 Å². The van der Waals surface area contributed by atoms with E-state index in [4.69, 9.17) is 0 Å². The molecular formula is C30H31NO2. The van der Waals surface area contributed by atoms with E-state index in [0.717, 1.165) is 19.4 Å². The van der Waals surface area contributed by atoms with Gasteiger partial charge in [-0.3, -0.25) is 0 Å². The van der Waals surface area contributed by atoms with Crippen molar-refractivity contribution in [3.05, 3.63) is 131 Å². The highest BCUT2D eigenvalue weighted by Crippen LogP contribution is 2.34. The summed E-state index contributed by atoms with van der Waals surface area (Å²) in [5.74, 6) is -0.578. The van der Waals surface area contributed by atoms with Gasteiger partial charge in [0.25, 0.3) is 0 Å². The van der Waals surface area contributed by atoms with E-state index in [0.29, 0.717) is 11.5 Å². The molecule has 3 nitrogen and oxygen atoms in total. The molecule has 1 unspecified atom stereocenters. The van der Waals surface area contributed by atoms with E-state index in [9.17, 15) is 9.90 Å². The fourth-order valence-corrected chi connectivity index (χ4v) is 4.80. The lowest BCUT2D eigenvalue weighted by Gasteiger charge is -2.32. The summed E-state index contributed by atoms with van der Waals surface area (Å²) in [6, 6.07) is 27.6. The molecule has 0 spiro atoms. The molecule has 0 aliphatic carbocycles. The Balaban J connectivity index is 1.57. The minimum Gasteiger partial charge on any atom is -0.478 e. The summed E-state index contributed by atoms with van der Waals surface area (Å²) in [7, 11) is 0. The van der Waals surface area contributed by atoms with Gasteiger partial charge in [0.1, 0.15) is 0 Å². The first-order chi connectivity index (χ1) is 16.0. The minimum absolute atomic E-state index is 0.0460. The van der Waals surface area contributed by atoms with Gasteiger partial charge in [0, 0.05) is 18.7 Å². The summed E-state index contributed by atoms with van der Waals surface area (Å²) >= 11 is 0. The Morgan fingerprint density at radius 1 is 0.879 bits per heavy atom. The first-order valence-electron chi connectivity index (χ1n) is 11.6. The monoisotopic (exact) mass is 437 g/mol. The van der Waals surface area contributed by atoms with Gasteiger partial charge in [-0.1, -0.05) is 84.9 Å². The molecular weight excluding hydrogens is 406 g/mol. The molecule has 1 aliphatic heterocycles. The highest BCUT2D eigenvalue weighted by Gasteiger charge is 2.23. The molecule has 1 N–H and O–H groups in total. The average molecular weight is 438 g/mol. The van der Waals surface area contributed by atoms with Crippen LogP contribution in [0.1, 0.15) is 52.6 Å². The summed E-state index contributed by atoms with van der Waals surface area (Å²) in [6.07, 6.45) is 7.47. The second-order valence-corrected chi connectivity index (χ2v) is 8.75. The molecule has 4 rings (SSSR count). The number of aliphatic carboxylic acids is 1. The number of hydrogen-bond acceptors (Lipinski definition) is 2. The van der Waals surface area contributed by atoms with E-state index in [2.05, 4.69) is 79.4 Å². The van der Waals surface area contributed by atoms with Crippen LogP contribution in [-0.4, -0.2) is 22.5 Å². The van der Waals surface area contributed by atoms with E-state index in [1.165, 1.54) is 27.8 Å². The largest absolute Gasteiger partial charge is 0.478 e. The highest BCUT2D eigenvalue weighted by molar-refractivity contribution is 5.90. The molecule has 3 aromatic carbocycles. The van der Waals surface area contributed by atoms with Crippen molar-refractivity contribution in [2.45, 2.75) is 38.6 Å². The summed E-state index contributed by atoms with van der Waals surface area (Å²) in [5.41, 5.74) is 6.85. The maximum absolute atomic E-state index is 11.6. The Bertz CT molecular complexity index is 1120. The van der Waals surface area contributed by atoms with E-state index >= 15 is 0 Å². The van der Waals surface area contributed by atoms with Gasteiger partial charge in [0.15, 0.2) is 0 Å². The van der Waals surface area contributed by atoms with Crippen LogP contribution in [0.2, 0.25) is 0 Å². The van der Waals surface area contributed by atoms with E-state index in [-0.39, 0.29) is 6.04 Å². The smallest absolute Gasteiger partial charge is 0.337 e. The second-order valence-electron chi connectivity index (χ2n) is 8.75. The first kappa shape index (κ1) is 22.6. The molecule has 0 amide bonds. The topological polar surface area (TPSA) is 40.5 Å². The molecule has 1 aliphatic rings. The number of nitrogens with zero attached hydrogens (tertiary/aromatic N) is 1. The van der Waals surface area contributed by atoms with E-state index in [1.54, 1.807) is 12.3 Å². The van der Waals surface area contributed by atoms with Crippen LogP contribution >= 0.6 is 0 Å². The molecule has 0 aromatic heterocycles. The lowest BCUT2D eigenvalue weighted by molar-refractivity contribution is -0.132. The molecule has 0 saturated carbocycles. The summed E-state index contributed by atoms with van der Waals surface area (Å²) in [4.78, 5) is 13.8. The Kier molecular flexibility index (Phi) is 7.09. The molecule has 0 saturated heterocycles. The van der Waals surface area contributed by atoms with Crippen LogP contribution in [0.3, 0.4) is 0 Å². The highest BCUT2D eigenvalue weighted by atomic mass is 16.4. The quantitative estimate of drug-likeness (QED) is 0.421. The SMILES string of the molecule is Cc1ccccc1C(CCCN1C=C(C(=O)O)C=CC1c1ccccc1)c1ccccc1C. The molecule has 168 valence electrons. The van der Waals surface area contributed by atoms with Crippen LogP contribution in [-0.2, 0) is 4.79 Å². The molecule has 1 atom stereocenters. The van der Waals surface area contributed by atoms with Crippen LogP contribution in [0.25, 0.3) is 0 Å². The van der Waals surface area contributed by atoms with Crippen molar-refractivity contribution in [1.82, 2.24) is 4.90 Å². The third kappa shape index (κ3) is 5.25. The third-order valence-corrected chi connectivity index (χ3v) is 6.55. The Labute approximate surface area is 196 Å². The Hall–Kier alpha value is -3.59. The normalized spacial score (nSPS) is 15.5. The number of hydrogen-bond donors (Lipinski definition) is 1. The standard InChI is InChI=1S/C30H31NO2/c1-22-11-6-8-15-26(22)28(27-16-9-7-12-23(27)2)17-10-20-31-21-25(30(32)33)18-19-29(31)24-13-4-3-5-14-24/h3-9,11-16,18-19,21,28-29H,10,17,20H2,1-2H3,(H,32,33). The summed E-state index contributed by atoms with van der Waals surface area (Å²) in [6.45, 7) is 5.15. The molecule has 1 heterocycles. The predicted molar refractivity (Wildman–Crippen MR) is 134 cm³/mol. The van der Waals surface area contributed by atoms with Gasteiger partial charge in [-0.05, 0) is 60.6 Å². The molecule has 0 fully saturated rings. The van der Waals surface area contributed by atoms with Crippen LogP contribution in [0.4, 0.5) is 0 Å². The molecule has 3 heteroatoms. The Morgan fingerprint density at radius 2 is 1.45 bits per heavy atom. The van der Waals surface area contributed by atoms with Gasteiger partial charge in [0.05, 0.1) is 11.6 Å². The minimum atomic E-state index is -0.888. The number of carboxylic acids is 1. The maximum Gasteiger partial charge on any atom is 0.337 e. The lowest BCUT2D eigenvalue weighted by atomic mass is 9.83. The number of aryl methyl sites for hydroxylation is 2. The molecule has 0 radical (unpaired) electrons. The molecule has 3 aromatic rings. The van der Waals surface area contributed by atoms with Crippen LogP contribution in [0, 0.1) is 13.8 Å². The van der Waals surface area contributed by atoms with Crippen LogP contribution < -0.4 is 0 Å². The van der Waals surface area contributed by atoms with Crippen molar-refractivity contribution in [2.75, 3.05) is 6.54 Å². The molecule has 33 heavy (non-hydrogen) atoms. The zero-order chi connectivity index (χ0) is 23.2. The average Bonchev–Trinajstić information content (AvgIpc) is 2.83. The number of carbonyl (C=O) groups is 1. The van der Waals surface area contributed by atoms with Crippen molar-refractivity contribution >= 4 is 5.97 Å². The van der Waals surface area contributed by atoms with Crippen molar-refractivity contribution in [1.29, 1.82) is 0 Å². The van der Waals surface area contributed by atoms with Crippen LogP contribution in [0.5, 0.6) is 0 Å².